The lowest BCUT2D eigenvalue weighted by Crippen LogP contribution is -1.91. The summed E-state index contributed by atoms with van der Waals surface area (Å²) in [5.41, 5.74) is 2.15. The molecule has 106 valence electrons. The quantitative estimate of drug-likeness (QED) is 0.619. The molecule has 21 heavy (non-hydrogen) atoms. The molecule has 0 aliphatic carbocycles. The number of halogens is 2. The number of hydrogen-bond acceptors (Lipinski definition) is 3. The van der Waals surface area contributed by atoms with E-state index in [1.807, 2.05) is 54.6 Å². The molecule has 5 heteroatoms. The van der Waals surface area contributed by atoms with E-state index in [2.05, 4.69) is 10.2 Å². The van der Waals surface area contributed by atoms with Gasteiger partial charge in [-0.25, -0.2) is 0 Å². The number of nitrogens with zero attached hydrogens (tertiary/aromatic N) is 2. The van der Waals surface area contributed by atoms with Gasteiger partial charge in [0.1, 0.15) is 15.4 Å². The molecule has 0 aliphatic heterocycles. The summed E-state index contributed by atoms with van der Waals surface area (Å²) < 4.78 is 0. The fraction of sp³-hybridized carbons (Fsp3) is 0.125. The van der Waals surface area contributed by atoms with Gasteiger partial charge in [-0.2, -0.15) is 0 Å². The van der Waals surface area contributed by atoms with Gasteiger partial charge < -0.3 is 0 Å². The Morgan fingerprint density at radius 3 is 2.57 bits per heavy atom. The molecule has 1 aromatic heterocycles. The van der Waals surface area contributed by atoms with Crippen LogP contribution in [0.5, 0.6) is 0 Å². The Morgan fingerprint density at radius 1 is 1.00 bits per heavy atom. The van der Waals surface area contributed by atoms with E-state index in [1.165, 1.54) is 11.3 Å². The average Bonchev–Trinajstić information content (AvgIpc) is 2.96. The topological polar surface area (TPSA) is 25.8 Å². The molecule has 3 rings (SSSR count). The first-order valence-electron chi connectivity index (χ1n) is 6.48. The van der Waals surface area contributed by atoms with Gasteiger partial charge in [0, 0.05) is 11.4 Å². The van der Waals surface area contributed by atoms with E-state index in [9.17, 15) is 0 Å². The molecular weight excluding hydrogens is 323 g/mol. The second-order valence-electron chi connectivity index (χ2n) is 4.61. The van der Waals surface area contributed by atoms with Crippen molar-refractivity contribution in [2.45, 2.75) is 11.8 Å². The number of aromatic nitrogens is 2. The molecule has 0 saturated heterocycles. The minimum absolute atomic E-state index is 0.253. The SMILES string of the molecule is Clc1cccc(Cc2nnc(C(Cl)c3ccccc3)s2)c1. The highest BCUT2D eigenvalue weighted by Crippen LogP contribution is 2.31. The van der Waals surface area contributed by atoms with Crippen LogP contribution in [0.1, 0.15) is 26.5 Å². The van der Waals surface area contributed by atoms with Crippen molar-refractivity contribution in [1.29, 1.82) is 0 Å². The van der Waals surface area contributed by atoms with Gasteiger partial charge in [-0.1, -0.05) is 65.4 Å². The molecule has 0 N–H and O–H groups in total. The van der Waals surface area contributed by atoms with Crippen LogP contribution < -0.4 is 0 Å². The van der Waals surface area contributed by atoms with Gasteiger partial charge in [0.05, 0.1) is 0 Å². The van der Waals surface area contributed by atoms with Crippen molar-refractivity contribution in [2.24, 2.45) is 0 Å². The van der Waals surface area contributed by atoms with Crippen molar-refractivity contribution >= 4 is 34.5 Å². The predicted molar refractivity (Wildman–Crippen MR) is 88.3 cm³/mol. The Balaban J connectivity index is 1.77. The largest absolute Gasteiger partial charge is 0.143 e. The molecular formula is C16H12Cl2N2S. The maximum absolute atomic E-state index is 6.46. The van der Waals surface area contributed by atoms with E-state index in [0.717, 1.165) is 32.6 Å². The first kappa shape index (κ1) is 14.5. The number of rotatable bonds is 4. The smallest absolute Gasteiger partial charge is 0.139 e. The molecule has 0 fully saturated rings. The van der Waals surface area contributed by atoms with Gasteiger partial charge in [0.15, 0.2) is 0 Å². The summed E-state index contributed by atoms with van der Waals surface area (Å²) in [6.07, 6.45) is 0.719. The second-order valence-corrected chi connectivity index (χ2v) is 6.58. The fourth-order valence-electron chi connectivity index (χ4n) is 2.03. The Bertz CT molecular complexity index is 728. The van der Waals surface area contributed by atoms with E-state index >= 15 is 0 Å². The van der Waals surface area contributed by atoms with Gasteiger partial charge in [0.2, 0.25) is 0 Å². The molecule has 0 aliphatic rings. The number of alkyl halides is 1. The molecule has 0 saturated carbocycles. The van der Waals surface area contributed by atoms with Gasteiger partial charge in [-0.15, -0.1) is 21.8 Å². The van der Waals surface area contributed by atoms with Crippen LogP contribution >= 0.6 is 34.5 Å². The standard InChI is InChI=1S/C16H12Cl2N2S/c17-13-8-4-5-11(9-13)10-14-19-20-16(21-14)15(18)12-6-2-1-3-7-12/h1-9,15H,10H2. The fourth-order valence-corrected chi connectivity index (χ4v) is 3.45. The van der Waals surface area contributed by atoms with Gasteiger partial charge >= 0.3 is 0 Å². The molecule has 0 spiro atoms. The highest BCUT2D eigenvalue weighted by atomic mass is 35.5. The van der Waals surface area contributed by atoms with Crippen LogP contribution in [0, 0.1) is 0 Å². The highest BCUT2D eigenvalue weighted by Gasteiger charge is 2.16. The minimum atomic E-state index is -0.253. The third kappa shape index (κ3) is 3.62. The molecule has 0 radical (unpaired) electrons. The molecule has 2 nitrogen and oxygen atoms in total. The lowest BCUT2D eigenvalue weighted by atomic mass is 10.1. The summed E-state index contributed by atoms with van der Waals surface area (Å²) >= 11 is 14.0. The molecule has 0 amide bonds. The second kappa shape index (κ2) is 6.56. The zero-order valence-corrected chi connectivity index (χ0v) is 13.4. The zero-order chi connectivity index (χ0) is 14.7. The normalized spacial score (nSPS) is 12.3. The highest BCUT2D eigenvalue weighted by molar-refractivity contribution is 7.11. The van der Waals surface area contributed by atoms with Crippen molar-refractivity contribution in [3.05, 3.63) is 80.8 Å². The summed E-state index contributed by atoms with van der Waals surface area (Å²) in [6.45, 7) is 0. The van der Waals surface area contributed by atoms with Crippen LogP contribution in [0.4, 0.5) is 0 Å². The van der Waals surface area contributed by atoms with Crippen molar-refractivity contribution in [3.8, 4) is 0 Å². The zero-order valence-electron chi connectivity index (χ0n) is 11.0. The monoisotopic (exact) mass is 334 g/mol. The van der Waals surface area contributed by atoms with E-state index < -0.39 is 0 Å². The average molecular weight is 335 g/mol. The van der Waals surface area contributed by atoms with Crippen molar-refractivity contribution in [2.75, 3.05) is 0 Å². The van der Waals surface area contributed by atoms with Crippen LogP contribution in [-0.2, 0) is 6.42 Å². The molecule has 2 aromatic carbocycles. The van der Waals surface area contributed by atoms with Crippen LogP contribution in [-0.4, -0.2) is 10.2 Å². The molecule has 1 atom stereocenters. The summed E-state index contributed by atoms with van der Waals surface area (Å²) in [7, 11) is 0. The summed E-state index contributed by atoms with van der Waals surface area (Å²) in [6, 6.07) is 17.7. The van der Waals surface area contributed by atoms with Crippen LogP contribution in [0.15, 0.2) is 54.6 Å². The predicted octanol–water partition coefficient (Wildman–Crippen LogP) is 5.11. The summed E-state index contributed by atoms with van der Waals surface area (Å²) in [4.78, 5) is 0. The minimum Gasteiger partial charge on any atom is -0.143 e. The maximum Gasteiger partial charge on any atom is 0.139 e. The van der Waals surface area contributed by atoms with Crippen molar-refractivity contribution in [3.63, 3.8) is 0 Å². The lowest BCUT2D eigenvalue weighted by Gasteiger charge is -2.04. The maximum atomic E-state index is 6.46. The molecule has 1 heterocycles. The lowest BCUT2D eigenvalue weighted by molar-refractivity contribution is 0.947. The summed E-state index contributed by atoms with van der Waals surface area (Å²) in [5.74, 6) is 0. The Hall–Kier alpha value is -1.42. The molecule has 3 aromatic rings. The van der Waals surface area contributed by atoms with E-state index in [-0.39, 0.29) is 5.38 Å². The van der Waals surface area contributed by atoms with E-state index in [4.69, 9.17) is 23.2 Å². The van der Waals surface area contributed by atoms with Gasteiger partial charge in [-0.3, -0.25) is 0 Å². The van der Waals surface area contributed by atoms with Crippen LogP contribution in [0.25, 0.3) is 0 Å². The molecule has 0 bridgehead atoms. The third-order valence-electron chi connectivity index (χ3n) is 3.04. The van der Waals surface area contributed by atoms with Gasteiger partial charge in [-0.05, 0) is 23.3 Å². The Labute approximate surface area is 137 Å². The van der Waals surface area contributed by atoms with Crippen molar-refractivity contribution < 1.29 is 0 Å². The van der Waals surface area contributed by atoms with Gasteiger partial charge in [0.25, 0.3) is 0 Å². The van der Waals surface area contributed by atoms with Crippen LogP contribution in [0.2, 0.25) is 5.02 Å². The first-order valence-corrected chi connectivity index (χ1v) is 8.11. The van der Waals surface area contributed by atoms with E-state index in [0.29, 0.717) is 0 Å². The summed E-state index contributed by atoms with van der Waals surface area (Å²) in [5, 5.41) is 10.7. The Morgan fingerprint density at radius 2 is 1.81 bits per heavy atom. The molecule has 1 unspecified atom stereocenters. The number of benzene rings is 2. The first-order chi connectivity index (χ1) is 10.2. The number of hydrogen-bond donors (Lipinski definition) is 0. The third-order valence-corrected chi connectivity index (χ3v) is 4.85. The van der Waals surface area contributed by atoms with Crippen molar-refractivity contribution in [1.82, 2.24) is 10.2 Å². The van der Waals surface area contributed by atoms with Crippen LogP contribution in [0.3, 0.4) is 0 Å². The Kier molecular flexibility index (Phi) is 4.54. The van der Waals surface area contributed by atoms with E-state index in [1.54, 1.807) is 0 Å².